The molecule has 3 amide bonds. The first-order chi connectivity index (χ1) is 14.8. The summed E-state index contributed by atoms with van der Waals surface area (Å²) in [4.78, 5) is 45.6. The largest absolute Gasteiger partial charge is 0.365 e. The Bertz CT molecular complexity index is 1020. The van der Waals surface area contributed by atoms with E-state index in [0.717, 1.165) is 12.2 Å². The number of anilines is 2. The molecule has 0 aliphatic carbocycles. The van der Waals surface area contributed by atoms with Gasteiger partial charge < -0.3 is 19.6 Å². The molecule has 0 N–H and O–H groups in total. The predicted octanol–water partition coefficient (Wildman–Crippen LogP) is 2.15. The molecule has 0 aromatic heterocycles. The SMILES string of the molecule is Cc1cccc(N2CCN(C(=O)CN3C(=O)CN(C)C(=O)c4ccccc43)CC2C)c1. The molecule has 0 radical (unpaired) electrons. The Labute approximate surface area is 182 Å². The van der Waals surface area contributed by atoms with Gasteiger partial charge in [-0.25, -0.2) is 0 Å². The average molecular weight is 421 g/mol. The van der Waals surface area contributed by atoms with E-state index in [2.05, 4.69) is 43.0 Å². The fourth-order valence-electron chi connectivity index (χ4n) is 4.37. The van der Waals surface area contributed by atoms with E-state index >= 15 is 0 Å². The first kappa shape index (κ1) is 20.9. The molecule has 7 heteroatoms. The van der Waals surface area contributed by atoms with E-state index < -0.39 is 0 Å². The van der Waals surface area contributed by atoms with Crippen LogP contribution in [0.2, 0.25) is 0 Å². The van der Waals surface area contributed by atoms with Crippen molar-refractivity contribution in [3.63, 3.8) is 0 Å². The third-order valence-electron chi connectivity index (χ3n) is 6.05. The van der Waals surface area contributed by atoms with Gasteiger partial charge in [0.25, 0.3) is 5.91 Å². The summed E-state index contributed by atoms with van der Waals surface area (Å²) < 4.78 is 0. The van der Waals surface area contributed by atoms with Crippen molar-refractivity contribution in [3.8, 4) is 0 Å². The Morgan fingerprint density at radius 3 is 2.58 bits per heavy atom. The Kier molecular flexibility index (Phi) is 5.67. The number of aryl methyl sites for hydroxylation is 1. The van der Waals surface area contributed by atoms with E-state index in [0.29, 0.717) is 24.3 Å². The Morgan fingerprint density at radius 2 is 1.84 bits per heavy atom. The van der Waals surface area contributed by atoms with E-state index in [4.69, 9.17) is 0 Å². The second kappa shape index (κ2) is 8.41. The van der Waals surface area contributed by atoms with Crippen LogP contribution in [-0.2, 0) is 9.59 Å². The first-order valence-corrected chi connectivity index (χ1v) is 10.6. The molecule has 31 heavy (non-hydrogen) atoms. The van der Waals surface area contributed by atoms with Crippen molar-refractivity contribution < 1.29 is 14.4 Å². The number of nitrogens with zero attached hydrogens (tertiary/aromatic N) is 4. The molecule has 2 aliphatic rings. The van der Waals surface area contributed by atoms with Gasteiger partial charge in [0.2, 0.25) is 11.8 Å². The summed E-state index contributed by atoms with van der Waals surface area (Å²) in [6, 6.07) is 15.5. The van der Waals surface area contributed by atoms with Crippen LogP contribution >= 0.6 is 0 Å². The van der Waals surface area contributed by atoms with Gasteiger partial charge in [-0.1, -0.05) is 24.3 Å². The highest BCUT2D eigenvalue weighted by atomic mass is 16.2. The van der Waals surface area contributed by atoms with E-state index in [1.165, 1.54) is 15.4 Å². The van der Waals surface area contributed by atoms with Gasteiger partial charge in [0.1, 0.15) is 13.1 Å². The molecule has 2 aromatic carbocycles. The van der Waals surface area contributed by atoms with Crippen molar-refractivity contribution >= 4 is 29.1 Å². The fraction of sp³-hybridized carbons (Fsp3) is 0.375. The van der Waals surface area contributed by atoms with Gasteiger partial charge in [0.05, 0.1) is 11.3 Å². The summed E-state index contributed by atoms with van der Waals surface area (Å²) >= 11 is 0. The zero-order valence-corrected chi connectivity index (χ0v) is 18.2. The standard InChI is InChI=1S/C24H28N4O3/c1-17-7-6-8-19(13-17)27-12-11-26(14-18(27)2)22(29)16-28-21-10-5-4-9-20(21)24(31)25(3)15-23(28)30/h4-10,13,18H,11-12,14-16H2,1-3H3. The lowest BCUT2D eigenvalue weighted by molar-refractivity contribution is -0.132. The topological polar surface area (TPSA) is 64.2 Å². The molecule has 2 heterocycles. The van der Waals surface area contributed by atoms with Crippen molar-refractivity contribution in [2.24, 2.45) is 0 Å². The molecule has 1 atom stereocenters. The third kappa shape index (κ3) is 4.13. The number of rotatable bonds is 3. The van der Waals surface area contributed by atoms with Gasteiger partial charge in [0.15, 0.2) is 0 Å². The lowest BCUT2D eigenvalue weighted by atomic mass is 10.1. The Morgan fingerprint density at radius 1 is 1.06 bits per heavy atom. The highest BCUT2D eigenvalue weighted by Gasteiger charge is 2.33. The molecule has 1 unspecified atom stereocenters. The summed E-state index contributed by atoms with van der Waals surface area (Å²) in [6.07, 6.45) is 0. The summed E-state index contributed by atoms with van der Waals surface area (Å²) in [5.41, 5.74) is 3.32. The highest BCUT2D eigenvalue weighted by Crippen LogP contribution is 2.26. The van der Waals surface area contributed by atoms with Crippen LogP contribution in [0.4, 0.5) is 11.4 Å². The maximum absolute atomic E-state index is 13.2. The van der Waals surface area contributed by atoms with Gasteiger partial charge in [-0.05, 0) is 43.7 Å². The molecule has 7 nitrogen and oxygen atoms in total. The second-order valence-corrected chi connectivity index (χ2v) is 8.38. The molecule has 2 aromatic rings. The van der Waals surface area contributed by atoms with Crippen LogP contribution < -0.4 is 9.80 Å². The zero-order valence-electron chi connectivity index (χ0n) is 18.2. The van der Waals surface area contributed by atoms with Crippen molar-refractivity contribution in [1.82, 2.24) is 9.80 Å². The Hall–Kier alpha value is -3.35. The molecule has 0 saturated carbocycles. The number of hydrogen-bond acceptors (Lipinski definition) is 4. The smallest absolute Gasteiger partial charge is 0.256 e. The van der Waals surface area contributed by atoms with Gasteiger partial charge >= 0.3 is 0 Å². The molecule has 2 aliphatic heterocycles. The fourth-order valence-corrected chi connectivity index (χ4v) is 4.37. The molecule has 1 fully saturated rings. The molecule has 0 bridgehead atoms. The van der Waals surface area contributed by atoms with Crippen molar-refractivity contribution in [1.29, 1.82) is 0 Å². The summed E-state index contributed by atoms with van der Waals surface area (Å²) in [5, 5.41) is 0. The number of piperazine rings is 1. The number of carbonyl (C=O) groups is 3. The van der Waals surface area contributed by atoms with Gasteiger partial charge in [-0.3, -0.25) is 14.4 Å². The number of hydrogen-bond donors (Lipinski definition) is 0. The molecule has 4 rings (SSSR count). The first-order valence-electron chi connectivity index (χ1n) is 10.6. The average Bonchev–Trinajstić information content (AvgIpc) is 2.84. The summed E-state index contributed by atoms with van der Waals surface area (Å²) in [5.74, 6) is -0.559. The molecule has 0 spiro atoms. The third-order valence-corrected chi connectivity index (χ3v) is 6.05. The lowest BCUT2D eigenvalue weighted by Gasteiger charge is -2.42. The van der Waals surface area contributed by atoms with Crippen LogP contribution in [0.25, 0.3) is 0 Å². The van der Waals surface area contributed by atoms with Crippen LogP contribution in [0.15, 0.2) is 48.5 Å². The second-order valence-electron chi connectivity index (χ2n) is 8.38. The number of benzene rings is 2. The summed E-state index contributed by atoms with van der Waals surface area (Å²) in [7, 11) is 1.61. The van der Waals surface area contributed by atoms with Crippen LogP contribution in [0.5, 0.6) is 0 Å². The number of likely N-dealkylation sites (N-methyl/N-ethyl adjacent to an activating group) is 1. The maximum atomic E-state index is 13.2. The monoisotopic (exact) mass is 420 g/mol. The number of carbonyl (C=O) groups excluding carboxylic acids is 3. The van der Waals surface area contributed by atoms with E-state index in [1.54, 1.807) is 31.3 Å². The predicted molar refractivity (Wildman–Crippen MR) is 120 cm³/mol. The zero-order chi connectivity index (χ0) is 22.1. The number of amides is 3. The minimum Gasteiger partial charge on any atom is -0.365 e. The van der Waals surface area contributed by atoms with E-state index in [1.807, 2.05) is 4.90 Å². The van der Waals surface area contributed by atoms with Crippen LogP contribution in [-0.4, -0.2) is 73.3 Å². The molecule has 162 valence electrons. The van der Waals surface area contributed by atoms with E-state index in [9.17, 15) is 14.4 Å². The quantitative estimate of drug-likeness (QED) is 0.763. The molecular weight excluding hydrogens is 392 g/mol. The number of fused-ring (bicyclic) bond motifs is 1. The van der Waals surface area contributed by atoms with Crippen molar-refractivity contribution in [2.75, 3.05) is 49.6 Å². The lowest BCUT2D eigenvalue weighted by Crippen LogP contribution is -2.56. The van der Waals surface area contributed by atoms with Gasteiger partial charge in [-0.2, -0.15) is 0 Å². The minimum absolute atomic E-state index is 0.0433. The van der Waals surface area contributed by atoms with E-state index in [-0.39, 0.29) is 36.9 Å². The maximum Gasteiger partial charge on any atom is 0.256 e. The minimum atomic E-state index is -0.249. The van der Waals surface area contributed by atoms with Crippen LogP contribution in [0.3, 0.4) is 0 Å². The van der Waals surface area contributed by atoms with Crippen molar-refractivity contribution in [3.05, 3.63) is 59.7 Å². The number of para-hydroxylation sites is 1. The normalized spacial score (nSPS) is 19.4. The Balaban J connectivity index is 1.49. The van der Waals surface area contributed by atoms with Crippen LogP contribution in [0, 0.1) is 6.92 Å². The van der Waals surface area contributed by atoms with Crippen molar-refractivity contribution in [2.45, 2.75) is 19.9 Å². The molecule has 1 saturated heterocycles. The highest BCUT2D eigenvalue weighted by molar-refractivity contribution is 6.11. The van der Waals surface area contributed by atoms with Crippen LogP contribution in [0.1, 0.15) is 22.8 Å². The summed E-state index contributed by atoms with van der Waals surface area (Å²) in [6.45, 7) is 6.01. The van der Waals surface area contributed by atoms with Gasteiger partial charge in [-0.15, -0.1) is 0 Å². The molecular formula is C24H28N4O3. The van der Waals surface area contributed by atoms with Gasteiger partial charge in [0, 0.05) is 38.4 Å².